The van der Waals surface area contributed by atoms with Crippen LogP contribution >= 0.6 is 0 Å². The van der Waals surface area contributed by atoms with Gasteiger partial charge in [-0.2, -0.15) is 0 Å². The van der Waals surface area contributed by atoms with Crippen LogP contribution in [0.1, 0.15) is 12.8 Å². The Balaban J connectivity index is 4.16. The van der Waals surface area contributed by atoms with E-state index in [2.05, 4.69) is 0 Å². The Hall–Kier alpha value is -1.31. The van der Waals surface area contributed by atoms with Crippen LogP contribution in [0.15, 0.2) is 0 Å². The molecule has 0 fully saturated rings. The maximum atomic E-state index is 12.4. The summed E-state index contributed by atoms with van der Waals surface area (Å²) in [6.07, 6.45) is -7.13. The number of carboxylic acid groups (broad SMARTS) is 2. The number of carboxylic acids is 2. The second kappa shape index (κ2) is 6.23. The Bertz CT molecular complexity index is 236. The maximum Gasteiger partial charge on any atom is 0.320 e. The molecule has 0 aromatic carbocycles. The number of hydrogen-bond acceptors (Lipinski definition) is 3. The zero-order valence-electron chi connectivity index (χ0n) is 7.49. The highest BCUT2D eigenvalue weighted by molar-refractivity contribution is 5.75. The molecule has 2 atom stereocenters. The number of hydrogen-bond donors (Lipinski definition) is 3. The molecule has 5 nitrogen and oxygen atoms in total. The van der Waals surface area contributed by atoms with E-state index in [4.69, 9.17) is 10.2 Å². The van der Waals surface area contributed by atoms with E-state index in [1.807, 2.05) is 0 Å². The fourth-order valence-electron chi connectivity index (χ4n) is 0.811. The minimum atomic E-state index is -3.35. The van der Waals surface area contributed by atoms with Crippen molar-refractivity contribution in [2.75, 3.05) is 0 Å². The Morgan fingerprint density at radius 1 is 1.20 bits per heavy atom. The molecule has 0 saturated carbocycles. The number of carbonyl (C=O) groups is 2. The lowest BCUT2D eigenvalue weighted by atomic mass is 10.1. The van der Waals surface area contributed by atoms with Gasteiger partial charge < -0.3 is 10.2 Å². The van der Waals surface area contributed by atoms with Crippen LogP contribution in [0.2, 0.25) is 0 Å². The van der Waals surface area contributed by atoms with Gasteiger partial charge in [0.1, 0.15) is 6.04 Å². The van der Waals surface area contributed by atoms with Crippen molar-refractivity contribution in [1.82, 2.24) is 5.32 Å². The van der Waals surface area contributed by atoms with Crippen LogP contribution in [0.3, 0.4) is 0 Å². The second-order valence-electron chi connectivity index (χ2n) is 2.73. The van der Waals surface area contributed by atoms with E-state index in [0.29, 0.717) is 0 Å². The van der Waals surface area contributed by atoms with Crippen LogP contribution in [-0.2, 0) is 9.59 Å². The average Bonchev–Trinajstić information content (AvgIpc) is 2.10. The van der Waals surface area contributed by atoms with Gasteiger partial charge in [-0.05, 0) is 6.42 Å². The van der Waals surface area contributed by atoms with E-state index in [9.17, 15) is 22.8 Å². The van der Waals surface area contributed by atoms with E-state index in [-0.39, 0.29) is 0 Å². The summed E-state index contributed by atoms with van der Waals surface area (Å²) in [5.41, 5.74) is 0. The summed E-state index contributed by atoms with van der Waals surface area (Å²) in [6, 6.07) is -1.63. The Kier molecular flexibility index (Phi) is 5.68. The Morgan fingerprint density at radius 3 is 2.07 bits per heavy atom. The van der Waals surface area contributed by atoms with Crippen LogP contribution in [0.25, 0.3) is 0 Å². The minimum absolute atomic E-state index is 0.461. The SMILES string of the molecule is O=C(O)CC[C@H](NC(F)C(F)F)C(=O)O. The predicted molar refractivity (Wildman–Crippen MR) is 42.3 cm³/mol. The second-order valence-corrected chi connectivity index (χ2v) is 2.73. The minimum Gasteiger partial charge on any atom is -0.481 e. The molecule has 15 heavy (non-hydrogen) atoms. The van der Waals surface area contributed by atoms with Crippen molar-refractivity contribution in [2.24, 2.45) is 0 Å². The lowest BCUT2D eigenvalue weighted by Crippen LogP contribution is -2.44. The predicted octanol–water partition coefficient (Wildman–Crippen LogP) is 0.455. The zero-order chi connectivity index (χ0) is 12.0. The van der Waals surface area contributed by atoms with Crippen molar-refractivity contribution in [3.8, 4) is 0 Å². The Morgan fingerprint density at radius 2 is 1.73 bits per heavy atom. The number of alkyl halides is 3. The summed E-state index contributed by atoms with van der Waals surface area (Å²) in [5.74, 6) is -2.85. The van der Waals surface area contributed by atoms with Crippen molar-refractivity contribution in [1.29, 1.82) is 0 Å². The van der Waals surface area contributed by atoms with Crippen LogP contribution in [0.5, 0.6) is 0 Å². The molecule has 0 amide bonds. The summed E-state index contributed by atoms with van der Waals surface area (Å²) in [5, 5.41) is 18.2. The summed E-state index contributed by atoms with van der Waals surface area (Å²) >= 11 is 0. The van der Waals surface area contributed by atoms with Gasteiger partial charge in [0.15, 0.2) is 0 Å². The smallest absolute Gasteiger partial charge is 0.320 e. The van der Waals surface area contributed by atoms with Gasteiger partial charge in [-0.15, -0.1) is 0 Å². The van der Waals surface area contributed by atoms with E-state index in [1.165, 1.54) is 5.32 Å². The molecule has 0 spiro atoms. The molecule has 0 aromatic rings. The number of rotatable bonds is 7. The molecule has 3 N–H and O–H groups in total. The van der Waals surface area contributed by atoms with E-state index in [1.54, 1.807) is 0 Å². The lowest BCUT2D eigenvalue weighted by Gasteiger charge is -2.16. The maximum absolute atomic E-state index is 12.4. The third kappa shape index (κ3) is 5.89. The molecule has 88 valence electrons. The molecule has 0 bridgehead atoms. The van der Waals surface area contributed by atoms with Crippen molar-refractivity contribution in [2.45, 2.75) is 31.6 Å². The van der Waals surface area contributed by atoms with Gasteiger partial charge in [-0.3, -0.25) is 14.9 Å². The highest BCUT2D eigenvalue weighted by Gasteiger charge is 2.27. The quantitative estimate of drug-likeness (QED) is 0.552. The first-order chi connectivity index (χ1) is 6.84. The van der Waals surface area contributed by atoms with Crippen LogP contribution in [0, 0.1) is 0 Å². The molecule has 0 saturated heterocycles. The van der Waals surface area contributed by atoms with E-state index in [0.717, 1.165) is 0 Å². The third-order valence-corrected chi connectivity index (χ3v) is 1.53. The normalized spacial score (nSPS) is 14.9. The van der Waals surface area contributed by atoms with Crippen molar-refractivity contribution < 1.29 is 33.0 Å². The molecule has 0 aromatic heterocycles. The fraction of sp³-hybridized carbons (Fsp3) is 0.714. The summed E-state index contributed by atoms with van der Waals surface area (Å²) in [6.45, 7) is 0. The van der Waals surface area contributed by atoms with Crippen LogP contribution in [0.4, 0.5) is 13.2 Å². The molecular weight excluding hydrogens is 219 g/mol. The summed E-state index contributed by atoms with van der Waals surface area (Å²) in [4.78, 5) is 20.5. The molecule has 0 aliphatic heterocycles. The molecule has 0 aliphatic carbocycles. The van der Waals surface area contributed by atoms with Gasteiger partial charge >= 0.3 is 11.9 Å². The molecule has 1 unspecified atom stereocenters. The number of aliphatic carboxylic acids is 2. The molecule has 0 rings (SSSR count). The highest BCUT2D eigenvalue weighted by atomic mass is 19.3. The first-order valence-electron chi connectivity index (χ1n) is 3.97. The summed E-state index contributed by atoms with van der Waals surface area (Å²) < 4.78 is 35.8. The molecule has 8 heteroatoms. The topological polar surface area (TPSA) is 86.6 Å². The van der Waals surface area contributed by atoms with Gasteiger partial charge in [-0.25, -0.2) is 13.2 Å². The van der Waals surface area contributed by atoms with Crippen molar-refractivity contribution in [3.05, 3.63) is 0 Å². The lowest BCUT2D eigenvalue weighted by molar-refractivity contribution is -0.141. The zero-order valence-corrected chi connectivity index (χ0v) is 7.49. The average molecular weight is 229 g/mol. The van der Waals surface area contributed by atoms with Gasteiger partial charge in [-0.1, -0.05) is 0 Å². The molecule has 0 aliphatic rings. The monoisotopic (exact) mass is 229 g/mol. The number of nitrogens with one attached hydrogen (secondary N) is 1. The van der Waals surface area contributed by atoms with Crippen LogP contribution < -0.4 is 5.32 Å². The van der Waals surface area contributed by atoms with Crippen LogP contribution in [-0.4, -0.2) is 40.9 Å². The van der Waals surface area contributed by atoms with E-state index < -0.39 is 43.5 Å². The molecular formula is C7H10F3NO4. The van der Waals surface area contributed by atoms with Gasteiger partial charge in [0, 0.05) is 6.42 Å². The molecule has 0 radical (unpaired) electrons. The van der Waals surface area contributed by atoms with Crippen molar-refractivity contribution in [3.63, 3.8) is 0 Å². The van der Waals surface area contributed by atoms with E-state index >= 15 is 0 Å². The number of halogens is 3. The fourth-order valence-corrected chi connectivity index (χ4v) is 0.811. The van der Waals surface area contributed by atoms with Gasteiger partial charge in [0.05, 0.1) is 0 Å². The summed E-state index contributed by atoms with van der Waals surface area (Å²) in [7, 11) is 0. The molecule has 0 heterocycles. The first-order valence-corrected chi connectivity index (χ1v) is 3.97. The standard InChI is InChI=1S/C7H10F3NO4/c8-5(9)6(10)11-3(7(14)15)1-2-4(12)13/h3,5-6,11H,1-2H2,(H,12,13)(H,14,15)/t3-,6?/m0/s1. The highest BCUT2D eigenvalue weighted by Crippen LogP contribution is 2.06. The Labute approximate surface area is 82.9 Å². The largest absolute Gasteiger partial charge is 0.481 e. The third-order valence-electron chi connectivity index (χ3n) is 1.53. The van der Waals surface area contributed by atoms with Gasteiger partial charge in [0.2, 0.25) is 6.30 Å². The van der Waals surface area contributed by atoms with Gasteiger partial charge in [0.25, 0.3) is 6.43 Å². The van der Waals surface area contributed by atoms with Crippen molar-refractivity contribution >= 4 is 11.9 Å². The first kappa shape index (κ1) is 13.7.